The monoisotopic (exact) mass is 533 g/mol. The number of phosphoric ester groups is 1. The predicted octanol–water partition coefficient (Wildman–Crippen LogP) is -15.2. The molecule has 3 N–H and O–H groups in total. The van der Waals surface area contributed by atoms with Crippen LogP contribution in [-0.2, 0) is 31.6 Å². The average Bonchev–Trinajstić information content (AvgIpc) is 3.13. The predicted molar refractivity (Wildman–Crippen MR) is 85.5 cm³/mol. The second-order valence-electron chi connectivity index (χ2n) is 5.88. The van der Waals surface area contributed by atoms with E-state index in [0.29, 0.717) is 0 Å². The van der Waals surface area contributed by atoms with Crippen LogP contribution in [0.4, 0.5) is 10.2 Å². The first-order chi connectivity index (χ1) is 14.2. The quantitative estimate of drug-likeness (QED) is 0.236. The number of hydrogen-bond donors (Lipinski definition) is 2. The average molecular weight is 533 g/mol. The molecule has 0 aliphatic carbocycles. The van der Waals surface area contributed by atoms with Crippen LogP contribution < -0.4 is 101 Å². The largest absolute Gasteiger partial charge is 1.00 e. The van der Waals surface area contributed by atoms with Gasteiger partial charge in [-0.05, 0) is 0 Å². The van der Waals surface area contributed by atoms with E-state index in [1.807, 2.05) is 0 Å². The first kappa shape index (κ1) is 38.1. The molecule has 1 aliphatic rings. The topological polar surface area (TPSA) is 270 Å². The van der Waals surface area contributed by atoms with E-state index in [2.05, 4.69) is 28.1 Å². The fraction of sp³-hybridized carbons (Fsp3) is 0.500. The Morgan fingerprint density at radius 1 is 1.06 bits per heavy atom. The third-order valence-corrected chi connectivity index (χ3v) is 7.42. The van der Waals surface area contributed by atoms with E-state index in [0.717, 1.165) is 17.2 Å². The fourth-order valence-corrected chi connectivity index (χ4v) is 5.43. The standard InChI is InChI=1S/C10H15FN5O12P3.4Li/c11-5-7(17)4(1-25-30(21,22)28-31(23,24)27-29(18,19)20)26-10(5)16-3-15-6-8(12)13-2-14-9(6)16;;;;/h2-5,7,10,17H,1H2,(H,21,22)(H,23,24)(H2,12,13,14)(H2,18,19,20);;;;/q;4*+1/p-4/t4-,5+,7?,10-;;;;/m1..../s1. The molecule has 0 radical (unpaired) electrons. The van der Waals surface area contributed by atoms with Crippen LogP contribution in [0.3, 0.4) is 0 Å². The number of nitrogens with zero attached hydrogens (tertiary/aromatic N) is 4. The summed E-state index contributed by atoms with van der Waals surface area (Å²) in [4.78, 5) is 54.7. The first-order valence-electron chi connectivity index (χ1n) is 7.81. The zero-order valence-corrected chi connectivity index (χ0v) is 21.4. The Balaban J connectivity index is 0. The van der Waals surface area contributed by atoms with Crippen molar-refractivity contribution < 1.29 is 136 Å². The number of rotatable bonds is 8. The molecular formula is C10H11FLi4N5O12P3. The molecule has 3 heterocycles. The molecule has 2 aromatic rings. The van der Waals surface area contributed by atoms with Gasteiger partial charge in [-0.2, -0.15) is 0 Å². The molecule has 3 rings (SSSR count). The number of fused-ring (bicyclic) bond motifs is 1. The van der Waals surface area contributed by atoms with Crippen LogP contribution in [0.25, 0.3) is 11.2 Å². The van der Waals surface area contributed by atoms with Crippen molar-refractivity contribution in [2.24, 2.45) is 0 Å². The minimum absolute atomic E-state index is 0. The third kappa shape index (κ3) is 9.92. The Hall–Kier alpha value is 1.000. The third-order valence-electron chi connectivity index (χ3n) is 3.75. The summed E-state index contributed by atoms with van der Waals surface area (Å²) in [5.74, 6) is -0.0213. The van der Waals surface area contributed by atoms with Gasteiger partial charge in [0, 0.05) is 0 Å². The zero-order valence-electron chi connectivity index (χ0n) is 18.7. The Labute approximate surface area is 244 Å². The van der Waals surface area contributed by atoms with E-state index in [4.69, 9.17) is 10.5 Å². The molecule has 2 aromatic heterocycles. The van der Waals surface area contributed by atoms with Crippen LogP contribution in [0.1, 0.15) is 6.23 Å². The van der Waals surface area contributed by atoms with Gasteiger partial charge in [0.25, 0.3) is 15.6 Å². The molecule has 17 nitrogen and oxygen atoms in total. The molecule has 0 bridgehead atoms. The van der Waals surface area contributed by atoms with Crippen molar-refractivity contribution >= 4 is 40.4 Å². The number of halogens is 1. The van der Waals surface area contributed by atoms with Crippen LogP contribution in [0.2, 0.25) is 0 Å². The molecule has 3 unspecified atom stereocenters. The van der Waals surface area contributed by atoms with E-state index < -0.39 is 54.7 Å². The van der Waals surface area contributed by atoms with Gasteiger partial charge in [-0.1, -0.05) is 0 Å². The van der Waals surface area contributed by atoms with Crippen LogP contribution >= 0.6 is 23.5 Å². The molecule has 25 heteroatoms. The number of hydrogen-bond acceptors (Lipinski definition) is 16. The summed E-state index contributed by atoms with van der Waals surface area (Å²) in [6, 6.07) is 0. The summed E-state index contributed by atoms with van der Waals surface area (Å²) >= 11 is 0. The molecule has 174 valence electrons. The minimum atomic E-state index is -6.16. The SMILES string of the molecule is Nc1ncnc2c1ncn2[C@@H]1O[C@H](COP(=O)([O-])OP(=O)([O-])OP(=O)([O-])[O-])C(O)[C@@H]1F.[Li+].[Li+].[Li+].[Li+]. The maximum atomic E-state index is 14.6. The Morgan fingerprint density at radius 2 is 1.66 bits per heavy atom. The normalized spacial score (nSPS) is 25.2. The first-order valence-corrected chi connectivity index (χ1v) is 12.2. The summed E-state index contributed by atoms with van der Waals surface area (Å²) in [6.07, 6.45) is -5.18. The van der Waals surface area contributed by atoms with Crippen molar-refractivity contribution in [1.82, 2.24) is 19.5 Å². The maximum Gasteiger partial charge on any atom is 1.00 e. The Kier molecular flexibility index (Phi) is 15.7. The van der Waals surface area contributed by atoms with Gasteiger partial charge >= 0.3 is 75.4 Å². The second kappa shape index (κ2) is 14.4. The number of imidazole rings is 1. The molecule has 35 heavy (non-hydrogen) atoms. The van der Waals surface area contributed by atoms with Crippen LogP contribution in [0.15, 0.2) is 12.7 Å². The van der Waals surface area contributed by atoms with Crippen molar-refractivity contribution in [3.8, 4) is 0 Å². The molecule has 0 amide bonds. The van der Waals surface area contributed by atoms with Crippen LogP contribution in [-0.4, -0.2) is 49.6 Å². The van der Waals surface area contributed by atoms with E-state index in [1.165, 1.54) is 0 Å². The summed E-state index contributed by atoms with van der Waals surface area (Å²) in [6.45, 7) is -1.16. The number of alkyl halides is 1. The number of nitrogens with two attached hydrogens (primary N) is 1. The summed E-state index contributed by atoms with van der Waals surface area (Å²) in [5, 5.41) is 9.97. The molecule has 1 saturated heterocycles. The van der Waals surface area contributed by atoms with Crippen LogP contribution in [0.5, 0.6) is 0 Å². The molecule has 6 atom stereocenters. The van der Waals surface area contributed by atoms with Crippen molar-refractivity contribution in [3.05, 3.63) is 12.7 Å². The van der Waals surface area contributed by atoms with Gasteiger partial charge in [-0.3, -0.25) is 18.0 Å². The molecule has 0 saturated carbocycles. The van der Waals surface area contributed by atoms with E-state index in [1.54, 1.807) is 0 Å². The van der Waals surface area contributed by atoms with Gasteiger partial charge in [0.05, 0.1) is 20.8 Å². The van der Waals surface area contributed by atoms with E-state index in [9.17, 15) is 42.8 Å². The number of anilines is 1. The summed E-state index contributed by atoms with van der Waals surface area (Å²) in [5.41, 5.74) is 5.76. The Bertz CT molecular complexity index is 1130. The van der Waals surface area contributed by atoms with Gasteiger partial charge in [-0.25, -0.2) is 23.7 Å². The van der Waals surface area contributed by atoms with Crippen molar-refractivity contribution in [3.63, 3.8) is 0 Å². The van der Waals surface area contributed by atoms with E-state index >= 15 is 0 Å². The fourth-order valence-electron chi connectivity index (χ4n) is 2.57. The van der Waals surface area contributed by atoms with Crippen molar-refractivity contribution in [2.45, 2.75) is 24.6 Å². The number of nitrogen functional groups attached to an aromatic ring is 1. The summed E-state index contributed by atoms with van der Waals surface area (Å²) < 4.78 is 64.3. The number of aliphatic hydroxyl groups excluding tert-OH is 1. The summed E-state index contributed by atoms with van der Waals surface area (Å²) in [7, 11) is -18.2. The maximum absolute atomic E-state index is 14.6. The minimum Gasteiger partial charge on any atom is -0.790 e. The number of aromatic nitrogens is 4. The number of ether oxygens (including phenoxy) is 1. The molecule has 0 aromatic carbocycles. The number of phosphoric acid groups is 3. The van der Waals surface area contributed by atoms with Gasteiger partial charge in [0.1, 0.15) is 24.1 Å². The number of aliphatic hydroxyl groups is 1. The van der Waals surface area contributed by atoms with Crippen LogP contribution in [0, 0.1) is 0 Å². The van der Waals surface area contributed by atoms with E-state index in [-0.39, 0.29) is 92.4 Å². The van der Waals surface area contributed by atoms with Gasteiger partial charge in [0.2, 0.25) is 0 Å². The molecule has 1 aliphatic heterocycles. The molecule has 0 spiro atoms. The Morgan fingerprint density at radius 3 is 2.23 bits per heavy atom. The van der Waals surface area contributed by atoms with Crippen molar-refractivity contribution in [1.29, 1.82) is 0 Å². The smallest absolute Gasteiger partial charge is 0.790 e. The second-order valence-corrected chi connectivity index (χ2v) is 10.1. The van der Waals surface area contributed by atoms with Gasteiger partial charge in [-0.15, -0.1) is 0 Å². The zero-order chi connectivity index (χ0) is 23.2. The van der Waals surface area contributed by atoms with Gasteiger partial charge < -0.3 is 44.2 Å². The van der Waals surface area contributed by atoms with Crippen molar-refractivity contribution in [2.75, 3.05) is 12.3 Å². The molecule has 1 fully saturated rings. The molecular weight excluding hydrogens is 522 g/mol. The van der Waals surface area contributed by atoms with Gasteiger partial charge in [0.15, 0.2) is 23.9 Å².